The van der Waals surface area contributed by atoms with E-state index in [1.165, 1.54) is 154 Å². The molecule has 0 aromatic heterocycles. The van der Waals surface area contributed by atoms with Gasteiger partial charge in [-0.2, -0.15) is 0 Å². The van der Waals surface area contributed by atoms with Crippen LogP contribution in [-0.4, -0.2) is 0 Å². The second-order valence-electron chi connectivity index (χ2n) is 18.7. The Labute approximate surface area is 287 Å². The average molecular weight is 629 g/mol. The summed E-state index contributed by atoms with van der Waals surface area (Å²) in [6, 6.07) is 0. The van der Waals surface area contributed by atoms with Gasteiger partial charge in [-0.05, 0) is 188 Å². The van der Waals surface area contributed by atoms with Crippen molar-refractivity contribution in [2.45, 2.75) is 205 Å². The van der Waals surface area contributed by atoms with E-state index in [1.54, 1.807) is 51.4 Å². The lowest BCUT2D eigenvalue weighted by molar-refractivity contribution is 0.112. The second-order valence-corrected chi connectivity index (χ2v) is 18.7. The molecule has 7 aliphatic rings. The smallest absolute Gasteiger partial charge is 0.0200 e. The van der Waals surface area contributed by atoms with E-state index in [2.05, 4.69) is 12.2 Å². The van der Waals surface area contributed by atoms with E-state index < -0.39 is 0 Å². The molecule has 7 saturated carbocycles. The van der Waals surface area contributed by atoms with Crippen molar-refractivity contribution in [1.82, 2.24) is 0 Å². The molecule has 0 unspecified atom stereocenters. The minimum atomic E-state index is 0.924. The van der Waals surface area contributed by atoms with E-state index in [0.29, 0.717) is 0 Å². The molecule has 46 heavy (non-hydrogen) atoms. The predicted octanol–water partition coefficient (Wildman–Crippen LogP) is 14.6. The van der Waals surface area contributed by atoms with E-state index in [4.69, 9.17) is 0 Å². The van der Waals surface area contributed by atoms with E-state index in [0.717, 1.165) is 59.2 Å². The van der Waals surface area contributed by atoms with Gasteiger partial charge in [0.15, 0.2) is 0 Å². The first kappa shape index (κ1) is 34.0. The topological polar surface area (TPSA) is 0 Å². The highest BCUT2D eigenvalue weighted by Crippen LogP contribution is 2.48. The van der Waals surface area contributed by atoms with Crippen LogP contribution in [0.4, 0.5) is 0 Å². The molecule has 0 radical (unpaired) electrons. The fourth-order valence-corrected chi connectivity index (χ4v) is 13.2. The lowest BCUT2D eigenvalue weighted by atomic mass is 9.64. The molecular formula is C46H76. The van der Waals surface area contributed by atoms with Crippen LogP contribution in [-0.2, 0) is 0 Å². The first-order chi connectivity index (χ1) is 22.8. The molecule has 0 spiro atoms. The van der Waals surface area contributed by atoms with Crippen molar-refractivity contribution in [3.05, 3.63) is 23.3 Å². The molecular weight excluding hydrogens is 553 g/mol. The van der Waals surface area contributed by atoms with Gasteiger partial charge in [-0.1, -0.05) is 100 Å². The van der Waals surface area contributed by atoms with Crippen LogP contribution in [0.15, 0.2) is 23.3 Å². The van der Waals surface area contributed by atoms with Crippen LogP contribution in [0.1, 0.15) is 205 Å². The number of hydrogen-bond acceptors (Lipinski definition) is 0. The highest BCUT2D eigenvalue weighted by Gasteiger charge is 2.36. The molecule has 260 valence electrons. The molecule has 0 heteroatoms. The monoisotopic (exact) mass is 629 g/mol. The van der Waals surface area contributed by atoms with Crippen LogP contribution in [0.25, 0.3) is 0 Å². The van der Waals surface area contributed by atoms with Gasteiger partial charge in [0.05, 0.1) is 0 Å². The summed E-state index contributed by atoms with van der Waals surface area (Å²) in [5, 5.41) is 0. The first-order valence-corrected chi connectivity index (χ1v) is 22.2. The second kappa shape index (κ2) is 17.4. The van der Waals surface area contributed by atoms with Crippen molar-refractivity contribution < 1.29 is 0 Å². The number of hydrogen-bond donors (Lipinski definition) is 0. The van der Waals surface area contributed by atoms with E-state index in [-0.39, 0.29) is 0 Å². The maximum atomic E-state index is 2.94. The normalized spacial score (nSPS) is 36.6. The molecule has 0 aliphatic heterocycles. The molecule has 0 bridgehead atoms. The van der Waals surface area contributed by atoms with Crippen LogP contribution in [0.5, 0.6) is 0 Å². The summed E-state index contributed by atoms with van der Waals surface area (Å²) in [4.78, 5) is 0. The van der Waals surface area contributed by atoms with Crippen molar-refractivity contribution >= 4 is 0 Å². The molecule has 0 atom stereocenters. The van der Waals surface area contributed by atoms with Crippen molar-refractivity contribution in [2.75, 3.05) is 0 Å². The fraction of sp³-hybridized carbons (Fsp3) is 0.913. The third kappa shape index (κ3) is 8.98. The van der Waals surface area contributed by atoms with Gasteiger partial charge in [-0.15, -0.1) is 0 Å². The van der Waals surface area contributed by atoms with E-state index >= 15 is 0 Å². The standard InChI is InChI=1S/C46H76/c1-5-13-41(14-6-1)45(42-15-7-2-8-16-42)33-35-21-25-37(26-22-35)39-29-31-40(32-30-39)38-27-23-36(24-28-38)34-46(43-17-9-3-10-18-43)44-19-11-4-12-20-44/h33-44H,1-32H2. The largest absolute Gasteiger partial charge is 0.0817 e. The molecule has 0 heterocycles. The summed E-state index contributed by atoms with van der Waals surface area (Å²) >= 11 is 0. The van der Waals surface area contributed by atoms with Gasteiger partial charge >= 0.3 is 0 Å². The summed E-state index contributed by atoms with van der Waals surface area (Å²) in [5.41, 5.74) is 3.99. The Hall–Kier alpha value is -0.520. The van der Waals surface area contributed by atoms with Gasteiger partial charge in [-0.3, -0.25) is 0 Å². The summed E-state index contributed by atoms with van der Waals surface area (Å²) in [6.45, 7) is 0. The summed E-state index contributed by atoms with van der Waals surface area (Å²) in [7, 11) is 0. The zero-order chi connectivity index (χ0) is 31.0. The Balaban J connectivity index is 0.864. The SMILES string of the molecule is C(=C(C1CCCCC1)C1CCCCC1)C1CCC(C2CCC(C3CCC(C=C(C4CCCCC4)C4CCCCC4)CC3)CC2)CC1. The third-order valence-corrected chi connectivity index (χ3v) is 15.9. The summed E-state index contributed by atoms with van der Waals surface area (Å²) in [5.74, 6) is 9.99. The van der Waals surface area contributed by atoms with Crippen LogP contribution >= 0.6 is 0 Å². The minimum Gasteiger partial charge on any atom is -0.0817 e. The van der Waals surface area contributed by atoms with Gasteiger partial charge in [0.1, 0.15) is 0 Å². The maximum absolute atomic E-state index is 2.94. The summed E-state index contributed by atoms with van der Waals surface area (Å²) in [6.07, 6.45) is 54.7. The van der Waals surface area contributed by atoms with Crippen LogP contribution < -0.4 is 0 Å². The lowest BCUT2D eigenvalue weighted by Crippen LogP contribution is -2.30. The van der Waals surface area contributed by atoms with Crippen molar-refractivity contribution in [3.8, 4) is 0 Å². The quantitative estimate of drug-likeness (QED) is 0.235. The molecule has 7 fully saturated rings. The molecule has 0 aromatic carbocycles. The molecule has 7 rings (SSSR count). The van der Waals surface area contributed by atoms with Crippen LogP contribution in [0.2, 0.25) is 0 Å². The van der Waals surface area contributed by atoms with Gasteiger partial charge in [-0.25, -0.2) is 0 Å². The molecule has 0 N–H and O–H groups in total. The molecule has 0 aromatic rings. The van der Waals surface area contributed by atoms with Gasteiger partial charge < -0.3 is 0 Å². The zero-order valence-corrected chi connectivity index (χ0v) is 30.6. The van der Waals surface area contributed by atoms with E-state index in [9.17, 15) is 0 Å². The molecule has 7 aliphatic carbocycles. The third-order valence-electron chi connectivity index (χ3n) is 15.9. The van der Waals surface area contributed by atoms with Crippen LogP contribution in [0.3, 0.4) is 0 Å². The first-order valence-electron chi connectivity index (χ1n) is 22.2. The van der Waals surface area contributed by atoms with Crippen molar-refractivity contribution in [3.63, 3.8) is 0 Å². The predicted molar refractivity (Wildman–Crippen MR) is 199 cm³/mol. The molecule has 0 saturated heterocycles. The maximum Gasteiger partial charge on any atom is -0.0200 e. The highest BCUT2D eigenvalue weighted by molar-refractivity contribution is 5.16. The van der Waals surface area contributed by atoms with Gasteiger partial charge in [0.25, 0.3) is 0 Å². The zero-order valence-electron chi connectivity index (χ0n) is 30.6. The van der Waals surface area contributed by atoms with Gasteiger partial charge in [0.2, 0.25) is 0 Å². The molecule has 0 nitrogen and oxygen atoms in total. The van der Waals surface area contributed by atoms with Crippen molar-refractivity contribution in [2.24, 2.45) is 59.2 Å². The summed E-state index contributed by atoms with van der Waals surface area (Å²) < 4.78 is 0. The average Bonchev–Trinajstić information content (AvgIpc) is 3.15. The highest BCUT2D eigenvalue weighted by atomic mass is 14.4. The lowest BCUT2D eigenvalue weighted by Gasteiger charge is -2.41. The number of allylic oxidation sites excluding steroid dienone is 4. The number of rotatable bonds is 8. The minimum absolute atomic E-state index is 0.924. The Bertz CT molecular complexity index is 803. The van der Waals surface area contributed by atoms with Crippen molar-refractivity contribution in [1.29, 1.82) is 0 Å². The fourth-order valence-electron chi connectivity index (χ4n) is 13.2. The Morgan fingerprint density at radius 1 is 0.239 bits per heavy atom. The molecule has 0 amide bonds. The van der Waals surface area contributed by atoms with E-state index in [1.807, 2.05) is 11.1 Å². The van der Waals surface area contributed by atoms with Gasteiger partial charge in [0, 0.05) is 0 Å². The van der Waals surface area contributed by atoms with Crippen LogP contribution in [0, 0.1) is 59.2 Å². The Morgan fingerprint density at radius 3 is 0.696 bits per heavy atom. The Kier molecular flexibility index (Phi) is 12.9. The Morgan fingerprint density at radius 2 is 0.457 bits per heavy atom.